The Hall–Kier alpha value is -1.68. The van der Waals surface area contributed by atoms with Crippen LogP contribution in [-0.2, 0) is 98.0 Å². The van der Waals surface area contributed by atoms with Gasteiger partial charge in [-0.25, -0.2) is 0 Å². The summed E-state index contributed by atoms with van der Waals surface area (Å²) in [6.45, 7) is 2.00. The van der Waals surface area contributed by atoms with E-state index in [1.54, 1.807) is 67.0 Å². The molecule has 0 aliphatic carbocycles. The van der Waals surface area contributed by atoms with Gasteiger partial charge in [0.2, 0.25) is 0 Å². The Morgan fingerprint density at radius 2 is 0.567 bits per heavy atom. The van der Waals surface area contributed by atoms with Crippen LogP contribution in [0.3, 0.4) is 0 Å². The van der Waals surface area contributed by atoms with E-state index < -0.39 is 129 Å². The van der Waals surface area contributed by atoms with Gasteiger partial charge in [-0.2, -0.15) is 65.9 Å². The number of pyridine rings is 6. The Bertz CT molecular complexity index is 3160. The number of halogens is 23. The number of alkyl halides is 15. The Labute approximate surface area is 576 Å². The van der Waals surface area contributed by atoms with E-state index in [2.05, 4.69) is 29.9 Å². The summed E-state index contributed by atoms with van der Waals surface area (Å²) in [5, 5.41) is 3.35. The molecule has 8 rings (SSSR count). The standard InChI is InChI=1S/C20H18F6N2.C18H18F6N2.C17H15F3N2.8ClH.2H2N.4Pt/c21-19(22,23)9-1-3-13-7-11-27-17-15(13)5-6-16-14(8-12-28-18(16)17)4-2-10-20(24,25)26;19-17(20,21)7-1-3-13-5-9-25-15(11-13)16-12-14(6-10-26-16)4-2-8-18(22,23)24;1-11-6-9-21-15-13(11)4-5-14-12(7-10-22-16(14)15)3-2-8-17(18,19)20;;;;;;;;;;;;;;/h5-8,11-12H,1-4,9-10H2;5-6,9-12H,1-4,7-8H2;4-7,9-10H,2-3,8H2,1H3;8*1H;2*1H2;;;;/q;;;;;;;;;;;2*-1;3*+2;+4/p-8. The fourth-order valence-electron chi connectivity index (χ4n) is 8.58. The molecule has 2 aromatic carbocycles. The predicted molar refractivity (Wildman–Crippen MR) is 319 cm³/mol. The summed E-state index contributed by atoms with van der Waals surface area (Å²) < 4.78 is 185. The molecule has 0 fully saturated rings. The van der Waals surface area contributed by atoms with Gasteiger partial charge in [-0.05, 0) is 153 Å². The van der Waals surface area contributed by atoms with Crippen LogP contribution in [0.1, 0.15) is 97.6 Å². The second-order valence-corrected chi connectivity index (χ2v) is 31.5. The second-order valence-electron chi connectivity index (χ2n) is 18.4. The molecule has 8 nitrogen and oxygen atoms in total. The van der Waals surface area contributed by atoms with E-state index in [0.29, 0.717) is 40.0 Å². The molecular formula is C55H55Cl8F15N8Pt4. The molecule has 8 aromatic rings. The van der Waals surface area contributed by atoms with Crippen molar-refractivity contribution >= 4 is 119 Å². The second kappa shape index (κ2) is 45.7. The zero-order valence-corrected chi connectivity index (χ0v) is 61.4. The number of aryl methyl sites for hydroxylation is 6. The van der Waals surface area contributed by atoms with Crippen molar-refractivity contribution in [1.29, 1.82) is 0 Å². The van der Waals surface area contributed by atoms with Crippen LogP contribution >= 0.6 is 75.3 Å². The third kappa shape index (κ3) is 36.4. The van der Waals surface area contributed by atoms with E-state index in [1.807, 2.05) is 25.1 Å². The maximum atomic E-state index is 12.4. The van der Waals surface area contributed by atoms with E-state index in [-0.39, 0.29) is 70.1 Å². The van der Waals surface area contributed by atoms with Crippen molar-refractivity contribution in [2.24, 2.45) is 0 Å². The normalized spacial score (nSPS) is 11.5. The maximum Gasteiger partial charge on any atom is -0.693 e. The van der Waals surface area contributed by atoms with Crippen molar-refractivity contribution in [2.45, 2.75) is 134 Å². The van der Waals surface area contributed by atoms with Gasteiger partial charge in [0.05, 0.1) is 33.5 Å². The summed E-state index contributed by atoms with van der Waals surface area (Å²) >= 11 is -1.89. The van der Waals surface area contributed by atoms with E-state index in [9.17, 15) is 65.9 Å². The molecule has 0 unspecified atom stereocenters. The molecule has 0 saturated heterocycles. The average molecular weight is 2180 g/mol. The van der Waals surface area contributed by atoms with E-state index >= 15 is 0 Å². The van der Waals surface area contributed by atoms with Crippen LogP contribution in [0.4, 0.5) is 65.9 Å². The van der Waals surface area contributed by atoms with Gasteiger partial charge in [0.1, 0.15) is 0 Å². The molecule has 516 valence electrons. The van der Waals surface area contributed by atoms with Crippen molar-refractivity contribution in [3.8, 4) is 11.4 Å². The summed E-state index contributed by atoms with van der Waals surface area (Å²) in [4.78, 5) is 25.7. The molecule has 0 bridgehead atoms. The molecule has 6 heterocycles. The quantitative estimate of drug-likeness (QED) is 0.0696. The fourth-order valence-corrected chi connectivity index (χ4v) is 8.58. The van der Waals surface area contributed by atoms with Gasteiger partial charge in [0, 0.05) is 90.8 Å². The number of aromatic nitrogens is 6. The summed E-state index contributed by atoms with van der Waals surface area (Å²) in [5.41, 5.74) is 8.57. The smallest absolute Gasteiger partial charge is 0.693 e. The largest absolute Gasteiger partial charge is 0.693 e. The number of nitrogens with two attached hydrogens (primary N) is 2. The number of rotatable bonds is 16. The maximum absolute atomic E-state index is 12.4. The minimum Gasteiger partial charge on any atom is -0.693 e. The van der Waals surface area contributed by atoms with Gasteiger partial charge in [-0.1, -0.05) is 24.3 Å². The zero-order valence-electron chi connectivity index (χ0n) is 46.3. The first kappa shape index (κ1) is 88.3. The van der Waals surface area contributed by atoms with Gasteiger partial charge < -0.3 is 12.3 Å². The number of hydrogen-bond donors (Lipinski definition) is 0. The zero-order chi connectivity index (χ0) is 66.1. The van der Waals surface area contributed by atoms with Crippen molar-refractivity contribution in [3.63, 3.8) is 0 Å². The predicted octanol–water partition coefficient (Wildman–Crippen LogP) is 24.4. The van der Waals surface area contributed by atoms with Crippen LogP contribution in [0.2, 0.25) is 0 Å². The van der Waals surface area contributed by atoms with Crippen LogP contribution in [0.5, 0.6) is 0 Å². The average Bonchev–Trinajstić information content (AvgIpc) is 0.794. The first-order chi connectivity index (χ1) is 41.4. The van der Waals surface area contributed by atoms with Crippen LogP contribution in [-0.4, -0.2) is 60.8 Å². The Morgan fingerprint density at radius 1 is 0.344 bits per heavy atom. The minimum absolute atomic E-state index is 0. The van der Waals surface area contributed by atoms with Gasteiger partial charge in [-0.3, -0.25) is 29.9 Å². The molecule has 0 radical (unpaired) electrons. The van der Waals surface area contributed by atoms with Crippen LogP contribution in [0.15, 0.2) is 110 Å². The SMILES string of the molecule is Cc1ccnc2c1ccc1c(CCCC(F)(F)F)ccnc12.FC(F)(F)CCCc1ccnc(-c2cc(CCCC(F)(F)F)ccn2)c1.FC(F)(F)CCCc1ccnc2c1ccc1c(CCCC(F)(F)F)ccnc12.[Cl][Pt+2][Cl].[Cl][Pt][Cl].[Cl][Pt][Cl].[Cl][Pt][Cl].[NH2-].[NH2-]. The summed E-state index contributed by atoms with van der Waals surface area (Å²) in [5.74, 6) is 0. The molecule has 4 N–H and O–H groups in total. The van der Waals surface area contributed by atoms with Crippen molar-refractivity contribution in [2.75, 3.05) is 0 Å². The van der Waals surface area contributed by atoms with Gasteiger partial charge in [-0.15, -0.1) is 0 Å². The molecule has 0 saturated carbocycles. The minimum atomic E-state index is -4.19. The number of hydrogen-bond acceptors (Lipinski definition) is 6. The summed E-state index contributed by atoms with van der Waals surface area (Å²) in [7, 11) is 39.0. The van der Waals surface area contributed by atoms with Crippen LogP contribution < -0.4 is 0 Å². The molecule has 0 amide bonds. The molecule has 0 aliphatic rings. The van der Waals surface area contributed by atoms with Gasteiger partial charge in [0.15, 0.2) is 0 Å². The summed E-state index contributed by atoms with van der Waals surface area (Å²) in [6, 6.07) is 21.2. The fraction of sp³-hybridized carbons (Fsp3) is 0.382. The third-order valence-corrected chi connectivity index (χ3v) is 12.2. The molecule has 0 aliphatic heterocycles. The molecule has 6 aromatic heterocycles. The molecule has 0 spiro atoms. The van der Waals surface area contributed by atoms with Crippen LogP contribution in [0, 0.1) is 6.92 Å². The first-order valence-corrected chi connectivity index (χ1v) is 47.7. The van der Waals surface area contributed by atoms with Crippen LogP contribution in [0.25, 0.3) is 67.3 Å². The van der Waals surface area contributed by atoms with Crippen molar-refractivity contribution < 1.29 is 132 Å². The summed E-state index contributed by atoms with van der Waals surface area (Å²) in [6.07, 6.45) is -14.1. The van der Waals surface area contributed by atoms with E-state index in [0.717, 1.165) is 54.8 Å². The molecule has 90 heavy (non-hydrogen) atoms. The van der Waals surface area contributed by atoms with Gasteiger partial charge >= 0.3 is 172 Å². The number of fused-ring (bicyclic) bond motifs is 6. The molecule has 0 atom stereocenters. The Kier molecular flexibility index (Phi) is 44.9. The number of benzene rings is 2. The van der Waals surface area contributed by atoms with E-state index in [1.165, 1.54) is 24.8 Å². The first-order valence-electron chi connectivity index (χ1n) is 25.2. The monoisotopic (exact) mass is 2170 g/mol. The number of nitrogens with zero attached hydrogens (tertiary/aromatic N) is 6. The third-order valence-electron chi connectivity index (χ3n) is 12.2. The van der Waals surface area contributed by atoms with E-state index in [4.69, 9.17) is 75.3 Å². The Balaban J connectivity index is 0.00000120. The topological polar surface area (TPSA) is 144 Å². The van der Waals surface area contributed by atoms with Gasteiger partial charge in [0.25, 0.3) is 0 Å². The molecule has 35 heteroatoms. The molecular weight excluding hydrogens is 2120 g/mol. The van der Waals surface area contributed by atoms with Crippen molar-refractivity contribution in [1.82, 2.24) is 29.9 Å². The van der Waals surface area contributed by atoms with Crippen molar-refractivity contribution in [3.05, 3.63) is 156 Å². The Morgan fingerprint density at radius 3 is 0.833 bits per heavy atom.